The normalized spacial score (nSPS) is 15.8. The lowest BCUT2D eigenvalue weighted by molar-refractivity contribution is 0.0713. The van der Waals surface area contributed by atoms with Crippen molar-refractivity contribution in [1.82, 2.24) is 4.90 Å². The van der Waals surface area contributed by atoms with E-state index in [0.29, 0.717) is 5.92 Å². The molecular weight excluding hydrogens is 321 g/mol. The van der Waals surface area contributed by atoms with Crippen LogP contribution in [-0.4, -0.2) is 23.9 Å². The fourth-order valence-electron chi connectivity index (χ4n) is 3.49. The summed E-state index contributed by atoms with van der Waals surface area (Å²) in [5.41, 5.74) is 1.99. The van der Waals surface area contributed by atoms with E-state index in [1.54, 1.807) is 17.4 Å². The Bertz CT molecular complexity index is 866. The Kier molecular flexibility index (Phi) is 4.07. The number of likely N-dealkylation sites (tertiary alicyclic amines) is 1. The van der Waals surface area contributed by atoms with Crippen LogP contribution in [0.25, 0.3) is 10.1 Å². The number of fused-ring (bicyclic) bond motifs is 1. The van der Waals surface area contributed by atoms with E-state index < -0.39 is 0 Å². The minimum atomic E-state index is -0.182. The van der Waals surface area contributed by atoms with E-state index in [0.717, 1.165) is 41.6 Å². The number of piperidine rings is 1. The van der Waals surface area contributed by atoms with E-state index >= 15 is 0 Å². The molecule has 1 aromatic heterocycles. The molecule has 0 spiro atoms. The molecule has 1 aliphatic heterocycles. The summed E-state index contributed by atoms with van der Waals surface area (Å²) in [7, 11) is 0. The van der Waals surface area contributed by atoms with Crippen LogP contribution in [0.2, 0.25) is 0 Å². The fraction of sp³-hybridized carbons (Fsp3) is 0.250. The molecule has 2 nitrogen and oxygen atoms in total. The Morgan fingerprint density at radius 3 is 2.58 bits per heavy atom. The van der Waals surface area contributed by atoms with Gasteiger partial charge in [-0.1, -0.05) is 18.2 Å². The third-order valence-electron chi connectivity index (χ3n) is 4.81. The minimum absolute atomic E-state index is 0.107. The summed E-state index contributed by atoms with van der Waals surface area (Å²) in [5, 5.41) is 3.19. The number of halogens is 1. The molecule has 0 bridgehead atoms. The molecule has 122 valence electrons. The van der Waals surface area contributed by atoms with Crippen LogP contribution >= 0.6 is 11.3 Å². The van der Waals surface area contributed by atoms with Gasteiger partial charge in [-0.25, -0.2) is 4.39 Å². The minimum Gasteiger partial charge on any atom is -0.339 e. The molecule has 0 radical (unpaired) electrons. The first-order chi connectivity index (χ1) is 11.7. The van der Waals surface area contributed by atoms with Crippen molar-refractivity contribution >= 4 is 27.3 Å². The maximum atomic E-state index is 13.6. The van der Waals surface area contributed by atoms with Gasteiger partial charge in [0, 0.05) is 23.4 Å². The van der Waals surface area contributed by atoms with Crippen LogP contribution in [0.4, 0.5) is 4.39 Å². The molecule has 0 saturated carbocycles. The predicted molar refractivity (Wildman–Crippen MR) is 96.1 cm³/mol. The van der Waals surface area contributed by atoms with E-state index in [4.69, 9.17) is 0 Å². The van der Waals surface area contributed by atoms with E-state index in [9.17, 15) is 9.18 Å². The molecule has 2 heterocycles. The Balaban J connectivity index is 1.49. The number of rotatable bonds is 2. The lowest BCUT2D eigenvalue weighted by atomic mass is 9.89. The van der Waals surface area contributed by atoms with Gasteiger partial charge in [0.1, 0.15) is 5.82 Å². The van der Waals surface area contributed by atoms with Crippen LogP contribution in [0.3, 0.4) is 0 Å². The molecule has 1 aliphatic rings. The second-order valence-corrected chi connectivity index (χ2v) is 7.18. The second kappa shape index (κ2) is 6.36. The van der Waals surface area contributed by atoms with Gasteiger partial charge in [-0.2, -0.15) is 0 Å². The topological polar surface area (TPSA) is 20.3 Å². The number of benzene rings is 2. The molecule has 4 rings (SSSR count). The number of thiophene rings is 1. The fourth-order valence-corrected chi connectivity index (χ4v) is 4.52. The Labute approximate surface area is 144 Å². The Morgan fingerprint density at radius 2 is 1.83 bits per heavy atom. The summed E-state index contributed by atoms with van der Waals surface area (Å²) >= 11 is 1.67. The molecule has 4 heteroatoms. The molecular formula is C20H18FNOS. The standard InChI is InChI=1S/C20H18FNOS/c21-16-6-7-19-17(12-16)18(13-24-19)14-8-10-22(11-9-14)20(23)15-4-2-1-3-5-15/h1-7,12-14H,8-11H2. The van der Waals surface area contributed by atoms with Gasteiger partial charge in [0.15, 0.2) is 0 Å². The summed E-state index contributed by atoms with van der Waals surface area (Å²) in [6, 6.07) is 14.5. The summed E-state index contributed by atoms with van der Waals surface area (Å²) in [4.78, 5) is 14.5. The van der Waals surface area contributed by atoms with E-state index in [-0.39, 0.29) is 11.7 Å². The first-order valence-electron chi connectivity index (χ1n) is 8.23. The SMILES string of the molecule is O=C(c1ccccc1)N1CCC(c2csc3ccc(F)cc23)CC1. The third-order valence-corrected chi connectivity index (χ3v) is 5.79. The highest BCUT2D eigenvalue weighted by molar-refractivity contribution is 7.17. The number of amides is 1. The largest absolute Gasteiger partial charge is 0.339 e. The van der Waals surface area contributed by atoms with E-state index in [1.807, 2.05) is 41.3 Å². The molecule has 0 atom stereocenters. The molecule has 24 heavy (non-hydrogen) atoms. The van der Waals surface area contributed by atoms with Crippen molar-refractivity contribution in [3.8, 4) is 0 Å². The van der Waals surface area contributed by atoms with Gasteiger partial charge in [-0.3, -0.25) is 4.79 Å². The highest BCUT2D eigenvalue weighted by atomic mass is 32.1. The number of nitrogens with zero attached hydrogens (tertiary/aromatic N) is 1. The van der Waals surface area contributed by atoms with Crippen LogP contribution in [0.5, 0.6) is 0 Å². The highest BCUT2D eigenvalue weighted by Gasteiger charge is 2.26. The zero-order chi connectivity index (χ0) is 16.5. The molecule has 3 aromatic rings. The van der Waals surface area contributed by atoms with Crippen LogP contribution in [0.1, 0.15) is 34.7 Å². The van der Waals surface area contributed by atoms with Gasteiger partial charge in [0.05, 0.1) is 0 Å². The van der Waals surface area contributed by atoms with Gasteiger partial charge in [-0.05, 0) is 65.4 Å². The van der Waals surface area contributed by atoms with E-state index in [2.05, 4.69) is 5.38 Å². The molecule has 0 N–H and O–H groups in total. The smallest absolute Gasteiger partial charge is 0.253 e. The summed E-state index contributed by atoms with van der Waals surface area (Å²) in [5.74, 6) is 0.328. The van der Waals surface area contributed by atoms with Crippen LogP contribution in [0.15, 0.2) is 53.9 Å². The predicted octanol–water partition coefficient (Wildman–Crippen LogP) is 5.06. The van der Waals surface area contributed by atoms with Crippen LogP contribution < -0.4 is 0 Å². The average molecular weight is 339 g/mol. The zero-order valence-electron chi connectivity index (χ0n) is 13.2. The zero-order valence-corrected chi connectivity index (χ0v) is 14.1. The lowest BCUT2D eigenvalue weighted by Gasteiger charge is -2.32. The summed E-state index contributed by atoms with van der Waals surface area (Å²) in [6.07, 6.45) is 1.86. The van der Waals surface area contributed by atoms with Crippen molar-refractivity contribution in [3.63, 3.8) is 0 Å². The van der Waals surface area contributed by atoms with Crippen molar-refractivity contribution in [2.45, 2.75) is 18.8 Å². The maximum Gasteiger partial charge on any atom is 0.253 e. The number of carbonyl (C=O) groups excluding carboxylic acids is 1. The highest BCUT2D eigenvalue weighted by Crippen LogP contribution is 2.37. The quantitative estimate of drug-likeness (QED) is 0.639. The van der Waals surface area contributed by atoms with Crippen LogP contribution in [0, 0.1) is 5.82 Å². The first kappa shape index (κ1) is 15.3. The van der Waals surface area contributed by atoms with Gasteiger partial charge >= 0.3 is 0 Å². The first-order valence-corrected chi connectivity index (χ1v) is 9.11. The van der Waals surface area contributed by atoms with E-state index in [1.165, 1.54) is 11.6 Å². The molecule has 1 amide bonds. The third kappa shape index (κ3) is 2.82. The molecule has 1 fully saturated rings. The van der Waals surface area contributed by atoms with Crippen molar-refractivity contribution in [2.24, 2.45) is 0 Å². The van der Waals surface area contributed by atoms with Gasteiger partial charge in [0.2, 0.25) is 0 Å². The lowest BCUT2D eigenvalue weighted by Crippen LogP contribution is -2.37. The van der Waals surface area contributed by atoms with Crippen molar-refractivity contribution < 1.29 is 9.18 Å². The molecule has 0 unspecified atom stereocenters. The van der Waals surface area contributed by atoms with Crippen molar-refractivity contribution in [1.29, 1.82) is 0 Å². The molecule has 0 aliphatic carbocycles. The summed E-state index contributed by atoms with van der Waals surface area (Å²) in [6.45, 7) is 1.51. The van der Waals surface area contributed by atoms with Gasteiger partial charge in [-0.15, -0.1) is 11.3 Å². The van der Waals surface area contributed by atoms with Gasteiger partial charge in [0.25, 0.3) is 5.91 Å². The maximum absolute atomic E-state index is 13.6. The summed E-state index contributed by atoms with van der Waals surface area (Å²) < 4.78 is 14.7. The average Bonchev–Trinajstić information content (AvgIpc) is 3.05. The Hall–Kier alpha value is -2.20. The molecule has 2 aromatic carbocycles. The van der Waals surface area contributed by atoms with Gasteiger partial charge < -0.3 is 4.90 Å². The number of hydrogen-bond acceptors (Lipinski definition) is 2. The monoisotopic (exact) mass is 339 g/mol. The van der Waals surface area contributed by atoms with Crippen molar-refractivity contribution in [2.75, 3.05) is 13.1 Å². The number of hydrogen-bond donors (Lipinski definition) is 0. The van der Waals surface area contributed by atoms with Crippen LogP contribution in [-0.2, 0) is 0 Å². The number of carbonyl (C=O) groups is 1. The Morgan fingerprint density at radius 1 is 1.08 bits per heavy atom. The van der Waals surface area contributed by atoms with Crippen molar-refractivity contribution in [3.05, 3.63) is 70.9 Å². The second-order valence-electron chi connectivity index (χ2n) is 6.26. The molecule has 1 saturated heterocycles.